The largest absolute Gasteiger partial charge is 0.481 e. The lowest BCUT2D eigenvalue weighted by Gasteiger charge is -2.32. The molecule has 0 aliphatic heterocycles. The van der Waals surface area contributed by atoms with E-state index in [-0.39, 0.29) is 19.0 Å². The lowest BCUT2D eigenvalue weighted by molar-refractivity contribution is -0.138. The summed E-state index contributed by atoms with van der Waals surface area (Å²) in [5.74, 6) is -0.967. The number of likely N-dealkylation sites (N-methyl/N-ethyl adjacent to an activating group) is 1. The minimum absolute atomic E-state index is 0.154. The van der Waals surface area contributed by atoms with Crippen molar-refractivity contribution in [2.75, 3.05) is 13.1 Å². The summed E-state index contributed by atoms with van der Waals surface area (Å²) in [6.07, 6.45) is -0.154. The molecule has 0 rings (SSSR count). The zero-order valence-electron chi connectivity index (χ0n) is 11.8. The number of nitrogens with zero attached hydrogens (tertiary/aromatic N) is 1. The van der Waals surface area contributed by atoms with Crippen LogP contribution in [0.5, 0.6) is 0 Å². The third kappa shape index (κ3) is 7.11. The number of carboxylic acid groups (broad SMARTS) is 1. The Labute approximate surface area is 108 Å². The summed E-state index contributed by atoms with van der Waals surface area (Å²) < 4.78 is 0. The maximum atomic E-state index is 12.0. The van der Waals surface area contributed by atoms with Crippen LogP contribution in [0.15, 0.2) is 0 Å². The molecule has 0 aromatic carbocycles. The molecule has 0 unspecified atom stereocenters. The Morgan fingerprint density at radius 2 is 1.72 bits per heavy atom. The zero-order valence-corrected chi connectivity index (χ0v) is 11.8. The average molecular weight is 260 g/mol. The van der Waals surface area contributed by atoms with Crippen LogP contribution in [-0.4, -0.2) is 51.3 Å². The zero-order chi connectivity index (χ0) is 14.6. The van der Waals surface area contributed by atoms with E-state index in [2.05, 4.69) is 5.32 Å². The Balaban J connectivity index is 4.57. The Bertz CT molecular complexity index is 308. The first-order valence-electron chi connectivity index (χ1n) is 5.98. The van der Waals surface area contributed by atoms with Crippen molar-refractivity contribution >= 4 is 12.0 Å². The number of aliphatic hydroxyl groups is 1. The molecule has 3 N–H and O–H groups in total. The van der Waals surface area contributed by atoms with Crippen LogP contribution in [0.3, 0.4) is 0 Å². The monoisotopic (exact) mass is 260 g/mol. The fraction of sp³-hybridized carbons (Fsp3) is 0.833. The van der Waals surface area contributed by atoms with Crippen LogP contribution in [0.25, 0.3) is 0 Å². The molecule has 0 aromatic heterocycles. The Kier molecular flexibility index (Phi) is 5.60. The molecule has 0 spiro atoms. The van der Waals surface area contributed by atoms with Crippen molar-refractivity contribution in [3.05, 3.63) is 0 Å². The second-order valence-corrected chi connectivity index (χ2v) is 5.71. The maximum absolute atomic E-state index is 12.0. The van der Waals surface area contributed by atoms with Gasteiger partial charge in [-0.25, -0.2) is 4.79 Å². The van der Waals surface area contributed by atoms with Gasteiger partial charge in [-0.15, -0.1) is 0 Å². The summed E-state index contributed by atoms with van der Waals surface area (Å²) in [4.78, 5) is 24.1. The molecule has 0 radical (unpaired) electrons. The van der Waals surface area contributed by atoms with Gasteiger partial charge < -0.3 is 20.4 Å². The second kappa shape index (κ2) is 6.04. The summed E-state index contributed by atoms with van der Waals surface area (Å²) in [5, 5.41) is 21.1. The number of hydrogen-bond acceptors (Lipinski definition) is 3. The topological polar surface area (TPSA) is 89.9 Å². The van der Waals surface area contributed by atoms with Crippen molar-refractivity contribution in [2.24, 2.45) is 0 Å². The first-order valence-corrected chi connectivity index (χ1v) is 5.98. The van der Waals surface area contributed by atoms with Crippen LogP contribution >= 0.6 is 0 Å². The molecule has 6 heteroatoms. The number of carboxylic acids is 1. The van der Waals surface area contributed by atoms with Gasteiger partial charge in [0, 0.05) is 12.1 Å². The van der Waals surface area contributed by atoms with Gasteiger partial charge in [0.2, 0.25) is 0 Å². The van der Waals surface area contributed by atoms with Gasteiger partial charge in [0.25, 0.3) is 0 Å². The smallest absolute Gasteiger partial charge is 0.317 e. The van der Waals surface area contributed by atoms with E-state index in [1.54, 1.807) is 34.6 Å². The highest BCUT2D eigenvalue weighted by Crippen LogP contribution is 2.11. The summed E-state index contributed by atoms with van der Waals surface area (Å²) in [7, 11) is 0. The van der Waals surface area contributed by atoms with E-state index in [0.717, 1.165) is 0 Å². The van der Waals surface area contributed by atoms with E-state index in [9.17, 15) is 14.7 Å². The van der Waals surface area contributed by atoms with Crippen LogP contribution in [0.1, 0.15) is 41.0 Å². The molecule has 18 heavy (non-hydrogen) atoms. The standard InChI is InChI=1S/C12H24N2O4/c1-6-14(8-12(4,5)18)10(17)13-11(2,3)7-9(15)16/h18H,6-8H2,1-5H3,(H,13,17)(H,15,16). The molecule has 0 fully saturated rings. The Morgan fingerprint density at radius 3 is 2.06 bits per heavy atom. The highest BCUT2D eigenvalue weighted by Gasteiger charge is 2.28. The predicted molar refractivity (Wildman–Crippen MR) is 68.4 cm³/mol. The van der Waals surface area contributed by atoms with Crippen molar-refractivity contribution in [1.29, 1.82) is 0 Å². The molecule has 0 saturated carbocycles. The minimum Gasteiger partial charge on any atom is -0.481 e. The number of carbonyl (C=O) groups is 2. The summed E-state index contributed by atoms with van der Waals surface area (Å²) in [5.41, 5.74) is -1.81. The molecule has 0 aliphatic carbocycles. The number of nitrogens with one attached hydrogen (secondary N) is 1. The highest BCUT2D eigenvalue weighted by molar-refractivity contribution is 5.76. The normalized spacial score (nSPS) is 12.1. The van der Waals surface area contributed by atoms with Gasteiger partial charge in [-0.3, -0.25) is 4.79 Å². The van der Waals surface area contributed by atoms with Gasteiger partial charge in [0.15, 0.2) is 0 Å². The van der Waals surface area contributed by atoms with E-state index in [0.29, 0.717) is 6.54 Å². The van der Waals surface area contributed by atoms with Gasteiger partial charge in [-0.05, 0) is 34.6 Å². The van der Waals surface area contributed by atoms with E-state index in [1.807, 2.05) is 0 Å². The maximum Gasteiger partial charge on any atom is 0.317 e. The van der Waals surface area contributed by atoms with Gasteiger partial charge in [-0.1, -0.05) is 0 Å². The van der Waals surface area contributed by atoms with Crippen LogP contribution in [0.2, 0.25) is 0 Å². The van der Waals surface area contributed by atoms with Crippen molar-refractivity contribution in [1.82, 2.24) is 10.2 Å². The fourth-order valence-corrected chi connectivity index (χ4v) is 1.59. The molecule has 0 aromatic rings. The number of hydrogen-bond donors (Lipinski definition) is 3. The van der Waals surface area contributed by atoms with Gasteiger partial charge >= 0.3 is 12.0 Å². The molecule has 0 saturated heterocycles. The van der Waals surface area contributed by atoms with Crippen LogP contribution < -0.4 is 5.32 Å². The van der Waals surface area contributed by atoms with Crippen molar-refractivity contribution in [2.45, 2.75) is 52.2 Å². The number of amides is 2. The van der Waals surface area contributed by atoms with Gasteiger partial charge in [-0.2, -0.15) is 0 Å². The Morgan fingerprint density at radius 1 is 1.22 bits per heavy atom. The molecule has 0 atom stereocenters. The number of carbonyl (C=O) groups excluding carboxylic acids is 1. The number of rotatable bonds is 6. The quantitative estimate of drug-likeness (QED) is 0.665. The molecule has 0 aliphatic rings. The summed E-state index contributed by atoms with van der Waals surface area (Å²) in [6, 6.07) is -0.370. The molecule has 106 valence electrons. The fourth-order valence-electron chi connectivity index (χ4n) is 1.59. The van der Waals surface area contributed by atoms with Crippen molar-refractivity contribution in [3.63, 3.8) is 0 Å². The van der Waals surface area contributed by atoms with Gasteiger partial charge in [0.1, 0.15) is 0 Å². The first kappa shape index (κ1) is 16.7. The third-order valence-corrected chi connectivity index (χ3v) is 2.29. The minimum atomic E-state index is -0.982. The van der Waals surface area contributed by atoms with Crippen LogP contribution in [0, 0.1) is 0 Å². The lowest BCUT2D eigenvalue weighted by atomic mass is 10.0. The lowest BCUT2D eigenvalue weighted by Crippen LogP contribution is -2.53. The van der Waals surface area contributed by atoms with Gasteiger partial charge in [0.05, 0.1) is 18.6 Å². The Hall–Kier alpha value is -1.30. The SMILES string of the molecule is CCN(CC(C)(C)O)C(=O)NC(C)(C)CC(=O)O. The average Bonchev–Trinajstić information content (AvgIpc) is 2.09. The number of urea groups is 1. The molecule has 0 bridgehead atoms. The van der Waals surface area contributed by atoms with E-state index in [4.69, 9.17) is 5.11 Å². The molecule has 0 heterocycles. The summed E-state index contributed by atoms with van der Waals surface area (Å²) >= 11 is 0. The predicted octanol–water partition coefficient (Wildman–Crippen LogP) is 1.04. The van der Waals surface area contributed by atoms with E-state index < -0.39 is 17.1 Å². The molecular weight excluding hydrogens is 236 g/mol. The van der Waals surface area contributed by atoms with Crippen LogP contribution in [-0.2, 0) is 4.79 Å². The second-order valence-electron chi connectivity index (χ2n) is 5.71. The van der Waals surface area contributed by atoms with Crippen LogP contribution in [0.4, 0.5) is 4.79 Å². The number of aliphatic carboxylic acids is 1. The van der Waals surface area contributed by atoms with E-state index >= 15 is 0 Å². The van der Waals surface area contributed by atoms with E-state index in [1.165, 1.54) is 4.90 Å². The highest BCUT2D eigenvalue weighted by atomic mass is 16.4. The first-order chi connectivity index (χ1) is 7.97. The molecular formula is C12H24N2O4. The van der Waals surface area contributed by atoms with Crippen molar-refractivity contribution in [3.8, 4) is 0 Å². The summed E-state index contributed by atoms with van der Waals surface area (Å²) in [6.45, 7) is 8.97. The van der Waals surface area contributed by atoms with Crippen molar-refractivity contribution < 1.29 is 19.8 Å². The third-order valence-electron chi connectivity index (χ3n) is 2.29. The molecule has 6 nitrogen and oxygen atoms in total. The molecule has 2 amide bonds.